The van der Waals surface area contributed by atoms with Gasteiger partial charge in [0.15, 0.2) is 6.23 Å². The fourth-order valence-corrected chi connectivity index (χ4v) is 2.57. The van der Waals surface area contributed by atoms with Crippen molar-refractivity contribution in [3.05, 3.63) is 23.9 Å². The van der Waals surface area contributed by atoms with Gasteiger partial charge in [0, 0.05) is 12.0 Å². The summed E-state index contributed by atoms with van der Waals surface area (Å²) in [6.07, 6.45) is 4.62. The number of hydrogen-bond donors (Lipinski definition) is 1. The first-order valence-corrected chi connectivity index (χ1v) is 6.61. The zero-order valence-electron chi connectivity index (χ0n) is 11.2. The summed E-state index contributed by atoms with van der Waals surface area (Å²) in [5.41, 5.74) is 0.975. The number of ether oxygens (including phenoxy) is 2. The molecule has 0 radical (unpaired) electrons. The van der Waals surface area contributed by atoms with Crippen LogP contribution in [0, 0.1) is 0 Å². The molecule has 0 amide bonds. The van der Waals surface area contributed by atoms with Crippen LogP contribution in [0.1, 0.15) is 35.8 Å². The van der Waals surface area contributed by atoms with Crippen LogP contribution in [0.3, 0.4) is 0 Å². The molecule has 6 heteroatoms. The predicted molar refractivity (Wildman–Crippen MR) is 72.1 cm³/mol. The number of aromatic carboxylic acids is 1. The smallest absolute Gasteiger partial charge is 0.335 e. The quantitative estimate of drug-likeness (QED) is 0.932. The molecular weight excluding hydrogens is 260 g/mol. The Morgan fingerprint density at radius 2 is 2.35 bits per heavy atom. The lowest BCUT2D eigenvalue weighted by Gasteiger charge is -2.24. The summed E-state index contributed by atoms with van der Waals surface area (Å²) in [4.78, 5) is 11.1. The zero-order valence-corrected chi connectivity index (χ0v) is 11.2. The Labute approximate surface area is 115 Å². The summed E-state index contributed by atoms with van der Waals surface area (Å²) in [6.45, 7) is 0.724. The van der Waals surface area contributed by atoms with Crippen LogP contribution in [0.5, 0.6) is 5.75 Å². The third-order valence-electron chi connectivity index (χ3n) is 3.55. The molecule has 1 aromatic heterocycles. The second-order valence-electron chi connectivity index (χ2n) is 4.83. The maximum Gasteiger partial charge on any atom is 0.335 e. The fraction of sp³-hybridized carbons (Fsp3) is 0.429. The topological polar surface area (TPSA) is 73.6 Å². The van der Waals surface area contributed by atoms with Crippen molar-refractivity contribution in [3.8, 4) is 5.75 Å². The Bertz CT molecular complexity index is 644. The van der Waals surface area contributed by atoms with Crippen molar-refractivity contribution < 1.29 is 19.4 Å². The molecule has 1 atom stereocenters. The molecular formula is C14H16N2O4. The van der Waals surface area contributed by atoms with Gasteiger partial charge in [0.05, 0.1) is 18.9 Å². The Morgan fingerprint density at radius 1 is 1.50 bits per heavy atom. The minimum Gasteiger partial charge on any atom is -0.494 e. The average molecular weight is 276 g/mol. The first-order chi connectivity index (χ1) is 9.70. The van der Waals surface area contributed by atoms with E-state index in [2.05, 4.69) is 5.10 Å². The Balaban J connectivity index is 2.12. The minimum absolute atomic E-state index is 0.106. The highest BCUT2D eigenvalue weighted by Gasteiger charge is 2.21. The maximum atomic E-state index is 11.1. The molecule has 6 nitrogen and oxygen atoms in total. The molecule has 0 unspecified atom stereocenters. The Hall–Kier alpha value is -2.08. The van der Waals surface area contributed by atoms with Crippen LogP contribution in [0.25, 0.3) is 10.9 Å². The van der Waals surface area contributed by atoms with Gasteiger partial charge < -0.3 is 14.6 Å². The molecule has 0 aliphatic carbocycles. The number of methoxy groups -OCH3 is 1. The number of carboxylic acids is 1. The van der Waals surface area contributed by atoms with Crippen molar-refractivity contribution in [3.63, 3.8) is 0 Å². The first-order valence-electron chi connectivity index (χ1n) is 6.61. The molecule has 2 heterocycles. The second-order valence-corrected chi connectivity index (χ2v) is 4.83. The maximum absolute atomic E-state index is 11.1. The van der Waals surface area contributed by atoms with Crippen LogP contribution in [0.15, 0.2) is 18.3 Å². The largest absolute Gasteiger partial charge is 0.494 e. The van der Waals surface area contributed by atoms with Crippen molar-refractivity contribution in [2.75, 3.05) is 13.7 Å². The summed E-state index contributed by atoms with van der Waals surface area (Å²) >= 11 is 0. The Kier molecular flexibility index (Phi) is 3.31. The van der Waals surface area contributed by atoms with Crippen LogP contribution in [0.2, 0.25) is 0 Å². The molecule has 1 saturated heterocycles. The van der Waals surface area contributed by atoms with E-state index in [9.17, 15) is 4.79 Å². The van der Waals surface area contributed by atoms with Gasteiger partial charge in [-0.3, -0.25) is 0 Å². The number of benzene rings is 1. The molecule has 1 N–H and O–H groups in total. The zero-order chi connectivity index (χ0) is 14.1. The predicted octanol–water partition coefficient (Wildman–Crippen LogP) is 2.44. The summed E-state index contributed by atoms with van der Waals surface area (Å²) < 4.78 is 12.9. The standard InChI is InChI=1S/C14H16N2O4/c1-19-11-7-9(14(17)18)6-10-8-15-16(13(10)11)12-4-2-3-5-20-12/h6-8,12H,2-5H2,1H3,(H,17,18)/t12-/m1/s1. The van der Waals surface area contributed by atoms with E-state index in [1.54, 1.807) is 16.9 Å². The van der Waals surface area contributed by atoms with Gasteiger partial charge in [0.25, 0.3) is 0 Å². The SMILES string of the molecule is COc1cc(C(=O)O)cc2cnn([C@H]3CCCCO3)c12. The molecule has 1 aromatic carbocycles. The first kappa shape index (κ1) is 12.9. The molecule has 0 saturated carbocycles. The number of carbonyl (C=O) groups is 1. The highest BCUT2D eigenvalue weighted by molar-refractivity contribution is 5.96. The van der Waals surface area contributed by atoms with Gasteiger partial charge in [-0.2, -0.15) is 5.10 Å². The van der Waals surface area contributed by atoms with Crippen molar-refractivity contribution in [1.29, 1.82) is 0 Å². The van der Waals surface area contributed by atoms with Gasteiger partial charge in [-0.15, -0.1) is 0 Å². The summed E-state index contributed by atoms with van der Waals surface area (Å²) in [6, 6.07) is 3.12. The number of hydrogen-bond acceptors (Lipinski definition) is 4. The van der Waals surface area contributed by atoms with E-state index in [-0.39, 0.29) is 11.8 Å². The van der Waals surface area contributed by atoms with Gasteiger partial charge in [-0.25, -0.2) is 9.48 Å². The van der Waals surface area contributed by atoms with Crippen molar-refractivity contribution in [1.82, 2.24) is 9.78 Å². The van der Waals surface area contributed by atoms with E-state index in [1.165, 1.54) is 13.2 Å². The van der Waals surface area contributed by atoms with Gasteiger partial charge in [0.2, 0.25) is 0 Å². The number of nitrogens with zero attached hydrogens (tertiary/aromatic N) is 2. The van der Waals surface area contributed by atoms with E-state index >= 15 is 0 Å². The van der Waals surface area contributed by atoms with Crippen molar-refractivity contribution >= 4 is 16.9 Å². The van der Waals surface area contributed by atoms with Gasteiger partial charge in [-0.05, 0) is 31.4 Å². The van der Waals surface area contributed by atoms with Gasteiger partial charge in [0.1, 0.15) is 11.3 Å². The summed E-state index contributed by atoms with van der Waals surface area (Å²) in [5.74, 6) is -0.474. The number of rotatable bonds is 3. The number of aromatic nitrogens is 2. The third-order valence-corrected chi connectivity index (χ3v) is 3.55. The van der Waals surface area contributed by atoms with Crippen LogP contribution >= 0.6 is 0 Å². The number of fused-ring (bicyclic) bond motifs is 1. The van der Waals surface area contributed by atoms with Crippen LogP contribution in [-0.2, 0) is 4.74 Å². The van der Waals surface area contributed by atoms with E-state index < -0.39 is 5.97 Å². The molecule has 2 aromatic rings. The molecule has 0 bridgehead atoms. The summed E-state index contributed by atoms with van der Waals surface area (Å²) in [5, 5.41) is 14.2. The van der Waals surface area contributed by atoms with Crippen molar-refractivity contribution in [2.24, 2.45) is 0 Å². The molecule has 0 spiro atoms. The molecule has 106 valence electrons. The number of carboxylic acid groups (broad SMARTS) is 1. The lowest BCUT2D eigenvalue weighted by Crippen LogP contribution is -2.19. The van der Waals surface area contributed by atoms with Crippen molar-refractivity contribution in [2.45, 2.75) is 25.5 Å². The minimum atomic E-state index is -0.980. The highest BCUT2D eigenvalue weighted by Crippen LogP contribution is 2.32. The van der Waals surface area contributed by atoms with Crippen LogP contribution in [0.4, 0.5) is 0 Å². The summed E-state index contributed by atoms with van der Waals surface area (Å²) in [7, 11) is 1.53. The molecule has 3 rings (SSSR count). The van der Waals surface area contributed by atoms with Gasteiger partial charge >= 0.3 is 5.97 Å². The molecule has 20 heavy (non-hydrogen) atoms. The third kappa shape index (κ3) is 2.12. The van der Waals surface area contributed by atoms with E-state index in [0.29, 0.717) is 5.75 Å². The van der Waals surface area contributed by atoms with Crippen LogP contribution < -0.4 is 4.74 Å². The second kappa shape index (κ2) is 5.13. The Morgan fingerprint density at radius 3 is 3.00 bits per heavy atom. The van der Waals surface area contributed by atoms with E-state index in [1.807, 2.05) is 0 Å². The van der Waals surface area contributed by atoms with Gasteiger partial charge in [-0.1, -0.05) is 0 Å². The lowest BCUT2D eigenvalue weighted by atomic mass is 10.1. The molecule has 1 fully saturated rings. The highest BCUT2D eigenvalue weighted by atomic mass is 16.5. The molecule has 1 aliphatic rings. The van der Waals surface area contributed by atoms with E-state index in [4.69, 9.17) is 14.6 Å². The fourth-order valence-electron chi connectivity index (χ4n) is 2.57. The normalized spacial score (nSPS) is 19.1. The molecule has 1 aliphatic heterocycles. The lowest BCUT2D eigenvalue weighted by molar-refractivity contribution is -0.0368. The monoisotopic (exact) mass is 276 g/mol. The van der Waals surface area contributed by atoms with Crippen LogP contribution in [-0.4, -0.2) is 34.6 Å². The average Bonchev–Trinajstić information content (AvgIpc) is 2.91. The van der Waals surface area contributed by atoms with E-state index in [0.717, 1.165) is 36.8 Å².